The number of aromatic nitrogens is 1. The highest BCUT2D eigenvalue weighted by atomic mass is 19.4. The van der Waals surface area contributed by atoms with Crippen molar-refractivity contribution in [1.29, 1.82) is 0 Å². The van der Waals surface area contributed by atoms with Gasteiger partial charge in [-0.3, -0.25) is 9.78 Å². The topological polar surface area (TPSA) is 50.2 Å². The number of alkyl halides is 3. The highest BCUT2D eigenvalue weighted by Crippen LogP contribution is 2.39. The van der Waals surface area contributed by atoms with Crippen molar-refractivity contribution in [3.05, 3.63) is 101 Å². The SMILES string of the molecule is O=C(c1ccccc1)c1cnc2c(C(F)(F)F)cccc2c1-c1cccc(CO)c1. The van der Waals surface area contributed by atoms with Crippen molar-refractivity contribution in [1.82, 2.24) is 4.98 Å². The molecule has 4 rings (SSSR count). The van der Waals surface area contributed by atoms with Crippen molar-refractivity contribution in [2.45, 2.75) is 12.8 Å². The molecule has 0 spiro atoms. The molecule has 0 amide bonds. The fraction of sp³-hybridized carbons (Fsp3) is 0.0833. The molecule has 0 saturated heterocycles. The lowest BCUT2D eigenvalue weighted by Gasteiger charge is -2.16. The van der Waals surface area contributed by atoms with Gasteiger partial charge in [0.1, 0.15) is 0 Å². The molecule has 0 radical (unpaired) electrons. The first-order chi connectivity index (χ1) is 14.4. The minimum atomic E-state index is -4.58. The Balaban J connectivity index is 2.06. The maximum atomic E-state index is 13.6. The predicted molar refractivity (Wildman–Crippen MR) is 108 cm³/mol. The second-order valence-corrected chi connectivity index (χ2v) is 6.80. The molecule has 0 aliphatic rings. The van der Waals surface area contributed by atoms with Crippen LogP contribution < -0.4 is 0 Å². The van der Waals surface area contributed by atoms with Gasteiger partial charge in [-0.15, -0.1) is 0 Å². The molecule has 0 aliphatic heterocycles. The molecule has 0 aliphatic carbocycles. The Labute approximate surface area is 170 Å². The van der Waals surface area contributed by atoms with Crippen molar-refractivity contribution in [2.75, 3.05) is 0 Å². The molecule has 0 unspecified atom stereocenters. The molecule has 1 heterocycles. The molecule has 1 aromatic heterocycles. The molecule has 0 atom stereocenters. The third kappa shape index (κ3) is 3.57. The quantitative estimate of drug-likeness (QED) is 0.445. The number of hydrogen-bond donors (Lipinski definition) is 1. The summed E-state index contributed by atoms with van der Waals surface area (Å²) in [7, 11) is 0. The Morgan fingerprint density at radius 1 is 0.933 bits per heavy atom. The number of halogens is 3. The molecule has 3 nitrogen and oxygen atoms in total. The van der Waals surface area contributed by atoms with Crippen LogP contribution in [0.4, 0.5) is 13.2 Å². The zero-order valence-electron chi connectivity index (χ0n) is 15.6. The first-order valence-electron chi connectivity index (χ1n) is 9.19. The monoisotopic (exact) mass is 407 g/mol. The largest absolute Gasteiger partial charge is 0.418 e. The Morgan fingerprint density at radius 2 is 1.67 bits per heavy atom. The van der Waals surface area contributed by atoms with Gasteiger partial charge in [0, 0.05) is 28.3 Å². The molecular weight excluding hydrogens is 391 g/mol. The smallest absolute Gasteiger partial charge is 0.392 e. The van der Waals surface area contributed by atoms with Crippen LogP contribution in [0.25, 0.3) is 22.0 Å². The van der Waals surface area contributed by atoms with Gasteiger partial charge >= 0.3 is 6.18 Å². The van der Waals surface area contributed by atoms with E-state index in [9.17, 15) is 23.1 Å². The summed E-state index contributed by atoms with van der Waals surface area (Å²) in [5.74, 6) is -0.341. The summed E-state index contributed by atoms with van der Waals surface area (Å²) in [6.45, 7) is -0.230. The normalized spacial score (nSPS) is 11.6. The van der Waals surface area contributed by atoms with Crippen LogP contribution in [0.2, 0.25) is 0 Å². The molecule has 30 heavy (non-hydrogen) atoms. The fourth-order valence-corrected chi connectivity index (χ4v) is 3.51. The average Bonchev–Trinajstić information content (AvgIpc) is 2.77. The average molecular weight is 407 g/mol. The van der Waals surface area contributed by atoms with Gasteiger partial charge in [0.25, 0.3) is 0 Å². The molecule has 1 N–H and O–H groups in total. The molecule has 0 bridgehead atoms. The summed E-state index contributed by atoms with van der Waals surface area (Å²) in [6, 6.07) is 19.1. The summed E-state index contributed by atoms with van der Waals surface area (Å²) in [4.78, 5) is 17.2. The molecule has 150 valence electrons. The molecule has 0 saturated carbocycles. The van der Waals surface area contributed by atoms with Crippen molar-refractivity contribution in [3.63, 3.8) is 0 Å². The maximum Gasteiger partial charge on any atom is 0.418 e. The van der Waals surface area contributed by atoms with E-state index in [1.54, 1.807) is 54.6 Å². The van der Waals surface area contributed by atoms with E-state index >= 15 is 0 Å². The molecular formula is C24H16F3NO2. The van der Waals surface area contributed by atoms with Gasteiger partial charge in [-0.2, -0.15) is 13.2 Å². The zero-order valence-corrected chi connectivity index (χ0v) is 15.6. The standard InChI is InChI=1S/C24H16F3NO2/c25-24(26,27)20-11-5-10-18-21(17-9-4-6-15(12-17)14-29)19(13-28-22(18)20)23(30)16-7-2-1-3-8-16/h1-13,29H,14H2. The second-order valence-electron chi connectivity index (χ2n) is 6.80. The third-order valence-electron chi connectivity index (χ3n) is 4.88. The van der Waals surface area contributed by atoms with Crippen LogP contribution >= 0.6 is 0 Å². The van der Waals surface area contributed by atoms with Crippen LogP contribution in [0.5, 0.6) is 0 Å². The highest BCUT2D eigenvalue weighted by molar-refractivity contribution is 6.16. The number of benzene rings is 3. The lowest BCUT2D eigenvalue weighted by Crippen LogP contribution is -2.09. The summed E-state index contributed by atoms with van der Waals surface area (Å²) in [5, 5.41) is 9.73. The van der Waals surface area contributed by atoms with Crippen molar-refractivity contribution in [3.8, 4) is 11.1 Å². The van der Waals surface area contributed by atoms with E-state index in [4.69, 9.17) is 0 Å². The Kier molecular flexibility index (Phi) is 5.10. The van der Waals surface area contributed by atoms with E-state index in [-0.39, 0.29) is 28.9 Å². The lowest BCUT2D eigenvalue weighted by atomic mass is 9.90. The number of pyridine rings is 1. The number of hydrogen-bond acceptors (Lipinski definition) is 3. The summed E-state index contributed by atoms with van der Waals surface area (Å²) >= 11 is 0. The molecule has 4 aromatic rings. The summed E-state index contributed by atoms with van der Waals surface area (Å²) in [5.41, 5.74) is 0.996. The minimum absolute atomic E-state index is 0.197. The van der Waals surface area contributed by atoms with E-state index < -0.39 is 11.7 Å². The maximum absolute atomic E-state index is 13.6. The highest BCUT2D eigenvalue weighted by Gasteiger charge is 2.34. The number of rotatable bonds is 4. The molecule has 6 heteroatoms. The Morgan fingerprint density at radius 3 is 2.37 bits per heavy atom. The second kappa shape index (κ2) is 7.72. The number of carbonyl (C=O) groups excluding carboxylic acids is 1. The van der Waals surface area contributed by atoms with E-state index in [2.05, 4.69) is 4.98 Å². The van der Waals surface area contributed by atoms with Gasteiger partial charge in [-0.1, -0.05) is 60.7 Å². The van der Waals surface area contributed by atoms with Gasteiger partial charge in [0.05, 0.1) is 17.7 Å². The third-order valence-corrected chi connectivity index (χ3v) is 4.88. The Bertz CT molecular complexity index is 1230. The molecule has 3 aromatic carbocycles. The first kappa shape index (κ1) is 19.8. The number of ketones is 1. The van der Waals surface area contributed by atoms with Crippen molar-refractivity contribution in [2.24, 2.45) is 0 Å². The van der Waals surface area contributed by atoms with Crippen LogP contribution in [-0.4, -0.2) is 15.9 Å². The van der Waals surface area contributed by atoms with E-state index in [0.717, 1.165) is 6.07 Å². The number of carbonyl (C=O) groups is 1. The van der Waals surface area contributed by atoms with Gasteiger partial charge < -0.3 is 5.11 Å². The lowest BCUT2D eigenvalue weighted by molar-refractivity contribution is -0.136. The number of para-hydroxylation sites is 1. The van der Waals surface area contributed by atoms with Gasteiger partial charge in [0.2, 0.25) is 0 Å². The summed E-state index contributed by atoms with van der Waals surface area (Å²) in [6.07, 6.45) is -3.38. The van der Waals surface area contributed by atoms with Crippen LogP contribution in [-0.2, 0) is 12.8 Å². The van der Waals surface area contributed by atoms with Crippen LogP contribution in [0.15, 0.2) is 79.0 Å². The zero-order chi connectivity index (χ0) is 21.3. The predicted octanol–water partition coefficient (Wildman–Crippen LogP) is 5.64. The minimum Gasteiger partial charge on any atom is -0.392 e. The number of aliphatic hydroxyl groups is 1. The fourth-order valence-electron chi connectivity index (χ4n) is 3.51. The van der Waals surface area contributed by atoms with E-state index in [0.29, 0.717) is 22.3 Å². The Hall–Kier alpha value is -3.51. The van der Waals surface area contributed by atoms with Crippen LogP contribution in [0, 0.1) is 0 Å². The van der Waals surface area contributed by atoms with Gasteiger partial charge in [0.15, 0.2) is 5.78 Å². The number of nitrogens with zero attached hydrogens (tertiary/aromatic N) is 1. The van der Waals surface area contributed by atoms with Crippen molar-refractivity contribution < 1.29 is 23.1 Å². The van der Waals surface area contributed by atoms with Crippen molar-refractivity contribution >= 4 is 16.7 Å². The summed E-state index contributed by atoms with van der Waals surface area (Å²) < 4.78 is 40.7. The van der Waals surface area contributed by atoms with E-state index in [1.807, 2.05) is 0 Å². The first-order valence-corrected chi connectivity index (χ1v) is 9.19. The van der Waals surface area contributed by atoms with Crippen LogP contribution in [0.1, 0.15) is 27.0 Å². The molecule has 0 fully saturated rings. The number of aliphatic hydroxyl groups excluding tert-OH is 1. The van der Waals surface area contributed by atoms with Gasteiger partial charge in [-0.05, 0) is 23.3 Å². The van der Waals surface area contributed by atoms with Crippen LogP contribution in [0.3, 0.4) is 0 Å². The van der Waals surface area contributed by atoms with Gasteiger partial charge in [-0.25, -0.2) is 0 Å². The number of fused-ring (bicyclic) bond motifs is 1. The van der Waals surface area contributed by atoms with E-state index in [1.165, 1.54) is 18.3 Å².